The second-order valence-electron chi connectivity index (χ2n) is 16.6. The van der Waals surface area contributed by atoms with Crippen LogP contribution in [0, 0.1) is 24.6 Å². The first-order valence-corrected chi connectivity index (χ1v) is 20.7. The first-order valence-electron chi connectivity index (χ1n) is 19.3. The van der Waals surface area contributed by atoms with E-state index in [1.807, 2.05) is 19.9 Å². The molecule has 15 heteroatoms. The maximum Gasteiger partial charge on any atom is 0.407 e. The quantitative estimate of drug-likeness (QED) is 0.353. The zero-order valence-electron chi connectivity index (χ0n) is 31.8. The van der Waals surface area contributed by atoms with Crippen molar-refractivity contribution in [1.82, 2.24) is 25.2 Å². The number of benzene rings is 1. The summed E-state index contributed by atoms with van der Waals surface area (Å²) in [5.74, 6) is -2.58. The molecule has 13 nitrogen and oxygen atoms in total. The van der Waals surface area contributed by atoms with Crippen LogP contribution in [-0.4, -0.2) is 83.2 Å². The van der Waals surface area contributed by atoms with E-state index in [2.05, 4.69) is 26.9 Å². The molecule has 1 aromatic carbocycles. The van der Waals surface area contributed by atoms with E-state index in [-0.39, 0.29) is 25.5 Å². The van der Waals surface area contributed by atoms with Crippen LogP contribution in [0.5, 0.6) is 5.75 Å². The molecule has 1 aromatic heterocycles. The van der Waals surface area contributed by atoms with E-state index in [1.165, 1.54) is 17.0 Å². The average Bonchev–Trinajstić information content (AvgIpc) is 3.97. The van der Waals surface area contributed by atoms with Crippen molar-refractivity contribution in [3.8, 4) is 5.75 Å². The van der Waals surface area contributed by atoms with Crippen LogP contribution >= 0.6 is 0 Å². The fraction of sp³-hybridized carbons (Fsp3) is 0.575. The highest BCUT2D eigenvalue weighted by molar-refractivity contribution is 7.91. The molecule has 5 aliphatic rings. The number of aromatic nitrogens is 1. The number of halogens is 1. The summed E-state index contributed by atoms with van der Waals surface area (Å²) in [4.78, 5) is 62.4. The fourth-order valence-corrected chi connectivity index (χ4v) is 9.52. The Bertz CT molecular complexity index is 2100. The van der Waals surface area contributed by atoms with Crippen molar-refractivity contribution in [2.45, 2.75) is 120 Å². The van der Waals surface area contributed by atoms with Gasteiger partial charge in [-0.2, -0.15) is 0 Å². The number of sulfonamides is 1. The smallest absolute Gasteiger partial charge is 0.407 e. The molecule has 296 valence electrons. The fourth-order valence-electron chi connectivity index (χ4n) is 8.23. The summed E-state index contributed by atoms with van der Waals surface area (Å²) in [6.07, 6.45) is 7.73. The molecule has 55 heavy (non-hydrogen) atoms. The highest BCUT2D eigenvalue weighted by atomic mass is 32.2. The number of fused-ring (bicyclic) bond motifs is 5. The summed E-state index contributed by atoms with van der Waals surface area (Å²) in [5.41, 5.74) is -0.598. The van der Waals surface area contributed by atoms with Gasteiger partial charge in [0.15, 0.2) is 5.54 Å². The van der Waals surface area contributed by atoms with Crippen LogP contribution < -0.4 is 20.1 Å². The van der Waals surface area contributed by atoms with E-state index in [1.54, 1.807) is 26.0 Å². The molecule has 4 heterocycles. The molecule has 4 amide bonds. The monoisotopic (exact) mass is 779 g/mol. The molecule has 3 fully saturated rings. The lowest BCUT2D eigenvalue weighted by Crippen LogP contribution is -2.58. The van der Waals surface area contributed by atoms with E-state index in [9.17, 15) is 32.0 Å². The van der Waals surface area contributed by atoms with E-state index in [0.717, 1.165) is 23.8 Å². The molecule has 5 atom stereocenters. The lowest BCUT2D eigenvalue weighted by Gasteiger charge is -2.36. The standard InChI is InChI=1S/C40H50FN5O8S/c1-23(2)21-53-37(50)43-30-12-10-8-6-7-9-11-29-24(3)40(29,36(49)45-55(51,52)38(5)17-18-38)44-34(47)32-20-39(22-46(32)35(30)48)16-15-28-27-14-13-26(41)19-31(27)42-25(4)33(28)54-39/h9,11,13-14,19,23,29-30,32H,3,6-8,10,12,15-18,20-22H2,1-2,4-5H3,(H,43,50)(H,44,47)(H,45,49). The highest BCUT2D eigenvalue weighted by Crippen LogP contribution is 2.52. The molecule has 1 saturated heterocycles. The van der Waals surface area contributed by atoms with Crippen molar-refractivity contribution in [2.75, 3.05) is 13.2 Å². The highest BCUT2D eigenvalue weighted by Gasteiger charge is 2.67. The number of ether oxygens (including phenoxy) is 2. The third kappa shape index (κ3) is 7.20. The number of carbonyl (C=O) groups excluding carboxylic acids is 4. The molecule has 0 bridgehead atoms. The Morgan fingerprint density at radius 3 is 2.67 bits per heavy atom. The van der Waals surface area contributed by atoms with Crippen LogP contribution in [0.3, 0.4) is 0 Å². The third-order valence-corrected chi connectivity index (χ3v) is 14.1. The minimum atomic E-state index is -4.06. The van der Waals surface area contributed by atoms with Crippen LogP contribution in [0.25, 0.3) is 10.9 Å². The first-order chi connectivity index (χ1) is 26.0. The van der Waals surface area contributed by atoms with Crippen molar-refractivity contribution in [2.24, 2.45) is 11.8 Å². The molecular weight excluding hydrogens is 730 g/mol. The van der Waals surface area contributed by atoms with Gasteiger partial charge >= 0.3 is 6.09 Å². The maximum absolute atomic E-state index is 14.7. The number of aryl methyl sites for hydroxylation is 2. The van der Waals surface area contributed by atoms with Gasteiger partial charge in [0.25, 0.3) is 5.91 Å². The number of hydrogen-bond donors (Lipinski definition) is 3. The maximum atomic E-state index is 14.7. The van der Waals surface area contributed by atoms with Gasteiger partial charge in [0.05, 0.1) is 29.1 Å². The molecule has 2 aromatic rings. The minimum absolute atomic E-state index is 0.0142. The predicted octanol–water partition coefficient (Wildman–Crippen LogP) is 4.66. The first kappa shape index (κ1) is 38.7. The molecular formula is C40H50FN5O8S. The van der Waals surface area contributed by atoms with Gasteiger partial charge in [-0.15, -0.1) is 0 Å². The zero-order valence-corrected chi connectivity index (χ0v) is 32.7. The Kier molecular flexibility index (Phi) is 10.00. The van der Waals surface area contributed by atoms with E-state index >= 15 is 0 Å². The van der Waals surface area contributed by atoms with Crippen LogP contribution in [0.1, 0.15) is 89.8 Å². The summed E-state index contributed by atoms with van der Waals surface area (Å²) < 4.78 is 54.0. The van der Waals surface area contributed by atoms with Gasteiger partial charge in [0, 0.05) is 29.4 Å². The van der Waals surface area contributed by atoms with Gasteiger partial charge in [-0.25, -0.2) is 22.6 Å². The number of pyridine rings is 1. The van der Waals surface area contributed by atoms with Gasteiger partial charge in [-0.1, -0.05) is 45.4 Å². The van der Waals surface area contributed by atoms with Crippen molar-refractivity contribution < 1.29 is 41.5 Å². The second-order valence-corrected chi connectivity index (χ2v) is 18.8. The summed E-state index contributed by atoms with van der Waals surface area (Å²) in [7, 11) is -4.06. The van der Waals surface area contributed by atoms with E-state index < -0.39 is 73.5 Å². The van der Waals surface area contributed by atoms with Gasteiger partial charge in [-0.05, 0) is 82.4 Å². The summed E-state index contributed by atoms with van der Waals surface area (Å²) in [5, 5.41) is 6.37. The largest absolute Gasteiger partial charge is 0.483 e. The third-order valence-electron chi connectivity index (χ3n) is 11.9. The molecule has 0 radical (unpaired) electrons. The lowest BCUT2D eigenvalue weighted by molar-refractivity contribution is -0.141. The van der Waals surface area contributed by atoms with E-state index in [0.29, 0.717) is 67.5 Å². The molecule has 3 N–H and O–H groups in total. The number of alkyl carbamates (subject to hydrolysis) is 1. The average molecular weight is 780 g/mol. The van der Waals surface area contributed by atoms with Crippen LogP contribution in [0.15, 0.2) is 42.5 Å². The normalized spacial score (nSPS) is 28.9. The van der Waals surface area contributed by atoms with Gasteiger partial charge < -0.3 is 25.0 Å². The number of rotatable bonds is 6. The van der Waals surface area contributed by atoms with Crippen molar-refractivity contribution in [1.29, 1.82) is 0 Å². The minimum Gasteiger partial charge on any atom is -0.483 e. The lowest BCUT2D eigenvalue weighted by atomic mass is 9.87. The molecule has 5 unspecified atom stereocenters. The van der Waals surface area contributed by atoms with Gasteiger partial charge in [-0.3, -0.25) is 19.1 Å². The predicted molar refractivity (Wildman–Crippen MR) is 202 cm³/mol. The Balaban J connectivity index is 1.24. The molecule has 2 aliphatic carbocycles. The zero-order chi connectivity index (χ0) is 39.5. The number of hydrogen-bond acceptors (Lipinski definition) is 9. The van der Waals surface area contributed by atoms with Crippen LogP contribution in [-0.2, 0) is 35.6 Å². The Morgan fingerprint density at radius 2 is 1.95 bits per heavy atom. The van der Waals surface area contributed by atoms with Crippen LogP contribution in [0.4, 0.5) is 9.18 Å². The number of amides is 4. The molecule has 2 saturated carbocycles. The molecule has 1 spiro atoms. The second kappa shape index (κ2) is 14.2. The molecule has 7 rings (SSSR count). The SMILES string of the molecule is C=C1C2C=CCCCCCC(NC(=O)OCC(C)C)C(=O)N3CC4(CCc5c(c(C)nc6cc(F)ccc56)O4)CC3C(=O)NC12C(=O)NS(=O)(=O)C1(C)CC1. The topological polar surface area (TPSA) is 173 Å². The summed E-state index contributed by atoms with van der Waals surface area (Å²) >= 11 is 0. The number of carbonyl (C=O) groups is 4. The van der Waals surface area contributed by atoms with Gasteiger partial charge in [0.1, 0.15) is 29.3 Å². The molecule has 3 aliphatic heterocycles. The van der Waals surface area contributed by atoms with Gasteiger partial charge in [0.2, 0.25) is 21.8 Å². The number of nitrogens with zero attached hydrogens (tertiary/aromatic N) is 2. The van der Waals surface area contributed by atoms with E-state index in [4.69, 9.17) is 9.47 Å². The van der Waals surface area contributed by atoms with Crippen molar-refractivity contribution >= 4 is 44.7 Å². The summed E-state index contributed by atoms with van der Waals surface area (Å²) in [6.45, 7) is 11.4. The van der Waals surface area contributed by atoms with Crippen molar-refractivity contribution in [3.63, 3.8) is 0 Å². The number of allylic oxidation sites excluding steroid dienone is 1. The number of nitrogens with one attached hydrogen (secondary N) is 3. The van der Waals surface area contributed by atoms with Crippen LogP contribution in [0.2, 0.25) is 0 Å². The van der Waals surface area contributed by atoms with Crippen molar-refractivity contribution in [3.05, 3.63) is 59.6 Å². The Labute approximate surface area is 320 Å². The Hall–Kier alpha value is -4.53. The Morgan fingerprint density at radius 1 is 1.18 bits per heavy atom. The summed E-state index contributed by atoms with van der Waals surface area (Å²) in [6, 6.07) is 2.23.